The molecule has 0 radical (unpaired) electrons. The van der Waals surface area contributed by atoms with Gasteiger partial charge in [-0.2, -0.15) is 5.10 Å². The van der Waals surface area contributed by atoms with E-state index in [2.05, 4.69) is 10.2 Å². The molecule has 76 valence electrons. The van der Waals surface area contributed by atoms with E-state index in [1.54, 1.807) is 0 Å². The first-order chi connectivity index (χ1) is 7.24. The van der Waals surface area contributed by atoms with Crippen molar-refractivity contribution in [3.05, 3.63) is 52.4 Å². The minimum atomic E-state index is -0.278. The van der Waals surface area contributed by atoms with Gasteiger partial charge in [-0.1, -0.05) is 12.1 Å². The van der Waals surface area contributed by atoms with Crippen molar-refractivity contribution in [1.29, 1.82) is 0 Å². The second-order valence-electron chi connectivity index (χ2n) is 3.20. The average molecular weight is 202 g/mol. The molecule has 0 saturated carbocycles. The molecule has 2 aromatic rings. The van der Waals surface area contributed by atoms with Crippen molar-refractivity contribution in [2.75, 3.05) is 0 Å². The second kappa shape index (κ2) is 3.96. The van der Waals surface area contributed by atoms with Crippen LogP contribution in [-0.4, -0.2) is 10.2 Å². The van der Waals surface area contributed by atoms with E-state index >= 15 is 0 Å². The third kappa shape index (κ3) is 2.43. The molecule has 4 heteroatoms. The topological polar surface area (TPSA) is 55.0 Å². The lowest BCUT2D eigenvalue weighted by atomic mass is 10.2. The van der Waals surface area contributed by atoms with Gasteiger partial charge >= 0.3 is 0 Å². The Morgan fingerprint density at radius 2 is 2.13 bits per heavy atom. The van der Waals surface area contributed by atoms with Crippen LogP contribution in [0.1, 0.15) is 5.56 Å². The SMILES string of the molecule is Cc1cccc(Oc2cn[nH]c(=O)c2)c1. The van der Waals surface area contributed by atoms with Gasteiger partial charge in [0, 0.05) is 6.07 Å². The van der Waals surface area contributed by atoms with Gasteiger partial charge in [0.15, 0.2) is 5.75 Å². The van der Waals surface area contributed by atoms with Crippen LogP contribution in [0.2, 0.25) is 0 Å². The Hall–Kier alpha value is -2.10. The Morgan fingerprint density at radius 3 is 2.87 bits per heavy atom. The van der Waals surface area contributed by atoms with E-state index < -0.39 is 0 Å². The highest BCUT2D eigenvalue weighted by Crippen LogP contribution is 2.19. The van der Waals surface area contributed by atoms with Gasteiger partial charge in [-0.25, -0.2) is 5.10 Å². The van der Waals surface area contributed by atoms with Gasteiger partial charge in [-0.15, -0.1) is 0 Å². The van der Waals surface area contributed by atoms with Crippen LogP contribution in [0.5, 0.6) is 11.5 Å². The summed E-state index contributed by atoms with van der Waals surface area (Å²) in [5.74, 6) is 1.13. The molecule has 0 saturated heterocycles. The first-order valence-corrected chi connectivity index (χ1v) is 4.53. The van der Waals surface area contributed by atoms with Crippen molar-refractivity contribution < 1.29 is 4.74 Å². The first kappa shape index (κ1) is 9.45. The number of benzene rings is 1. The molecule has 0 spiro atoms. The predicted molar refractivity (Wildman–Crippen MR) is 56.1 cm³/mol. The average Bonchev–Trinajstić information content (AvgIpc) is 2.17. The van der Waals surface area contributed by atoms with E-state index in [9.17, 15) is 4.79 Å². The summed E-state index contributed by atoms with van der Waals surface area (Å²) in [6, 6.07) is 8.94. The molecular formula is C11H10N2O2. The van der Waals surface area contributed by atoms with E-state index in [1.165, 1.54) is 12.3 Å². The van der Waals surface area contributed by atoms with Gasteiger partial charge in [0.05, 0.1) is 6.20 Å². The van der Waals surface area contributed by atoms with Gasteiger partial charge in [-0.3, -0.25) is 4.79 Å². The maximum atomic E-state index is 10.9. The third-order valence-electron chi connectivity index (χ3n) is 1.87. The van der Waals surface area contributed by atoms with Gasteiger partial charge in [0.2, 0.25) is 0 Å². The maximum absolute atomic E-state index is 10.9. The summed E-state index contributed by atoms with van der Waals surface area (Å²) in [5.41, 5.74) is 0.824. The van der Waals surface area contributed by atoms with Gasteiger partial charge in [-0.05, 0) is 24.6 Å². The predicted octanol–water partition coefficient (Wildman–Crippen LogP) is 1.87. The Balaban J connectivity index is 2.26. The van der Waals surface area contributed by atoms with Crippen LogP contribution in [0.15, 0.2) is 41.3 Å². The van der Waals surface area contributed by atoms with Crippen molar-refractivity contribution >= 4 is 0 Å². The van der Waals surface area contributed by atoms with Gasteiger partial charge in [0.1, 0.15) is 5.75 Å². The molecule has 0 amide bonds. The van der Waals surface area contributed by atoms with Crippen LogP contribution in [0.4, 0.5) is 0 Å². The molecule has 4 nitrogen and oxygen atoms in total. The number of rotatable bonds is 2. The fraction of sp³-hybridized carbons (Fsp3) is 0.0909. The third-order valence-corrected chi connectivity index (χ3v) is 1.87. The van der Waals surface area contributed by atoms with E-state index in [1.807, 2.05) is 31.2 Å². The van der Waals surface area contributed by atoms with Gasteiger partial charge in [0.25, 0.3) is 5.56 Å². The molecule has 1 heterocycles. The van der Waals surface area contributed by atoms with Crippen LogP contribution in [0, 0.1) is 6.92 Å². The number of nitrogens with zero attached hydrogens (tertiary/aromatic N) is 1. The highest BCUT2D eigenvalue weighted by molar-refractivity contribution is 5.31. The summed E-state index contributed by atoms with van der Waals surface area (Å²) in [6.07, 6.45) is 1.46. The molecule has 1 N–H and O–H groups in total. The Bertz CT molecular complexity index is 520. The van der Waals surface area contributed by atoms with Gasteiger partial charge < -0.3 is 4.74 Å². The lowest BCUT2D eigenvalue weighted by molar-refractivity contribution is 0.477. The summed E-state index contributed by atoms with van der Waals surface area (Å²) in [6.45, 7) is 1.98. The molecule has 0 bridgehead atoms. The zero-order chi connectivity index (χ0) is 10.7. The maximum Gasteiger partial charge on any atom is 0.267 e. The quantitative estimate of drug-likeness (QED) is 0.808. The zero-order valence-corrected chi connectivity index (χ0v) is 8.23. The Labute approximate surface area is 86.5 Å². The van der Waals surface area contributed by atoms with Crippen molar-refractivity contribution in [3.63, 3.8) is 0 Å². The summed E-state index contributed by atoms with van der Waals surface area (Å²) in [7, 11) is 0. The Kier molecular flexibility index (Phi) is 2.49. The number of nitrogens with one attached hydrogen (secondary N) is 1. The fourth-order valence-corrected chi connectivity index (χ4v) is 1.23. The molecule has 0 aliphatic heterocycles. The van der Waals surface area contributed by atoms with E-state index in [0.29, 0.717) is 11.5 Å². The minimum absolute atomic E-state index is 0.278. The van der Waals surface area contributed by atoms with E-state index in [0.717, 1.165) is 5.56 Å². The monoisotopic (exact) mass is 202 g/mol. The van der Waals surface area contributed by atoms with Crippen LogP contribution in [-0.2, 0) is 0 Å². The van der Waals surface area contributed by atoms with Crippen LogP contribution >= 0.6 is 0 Å². The molecular weight excluding hydrogens is 192 g/mol. The molecule has 0 atom stereocenters. The van der Waals surface area contributed by atoms with Crippen LogP contribution in [0.25, 0.3) is 0 Å². The normalized spacial score (nSPS) is 9.93. The molecule has 0 unspecified atom stereocenters. The number of aromatic amines is 1. The van der Waals surface area contributed by atoms with Crippen molar-refractivity contribution in [2.24, 2.45) is 0 Å². The number of H-pyrrole nitrogens is 1. The summed E-state index contributed by atoms with van der Waals surface area (Å²) in [4.78, 5) is 10.9. The van der Waals surface area contributed by atoms with Crippen molar-refractivity contribution in [3.8, 4) is 11.5 Å². The smallest absolute Gasteiger partial charge is 0.267 e. The number of aryl methyl sites for hydroxylation is 1. The highest BCUT2D eigenvalue weighted by Gasteiger charge is 1.98. The Morgan fingerprint density at radius 1 is 1.27 bits per heavy atom. The minimum Gasteiger partial charge on any atom is -0.455 e. The zero-order valence-electron chi connectivity index (χ0n) is 8.23. The molecule has 1 aromatic heterocycles. The highest BCUT2D eigenvalue weighted by atomic mass is 16.5. The number of hydrogen-bond acceptors (Lipinski definition) is 3. The first-order valence-electron chi connectivity index (χ1n) is 4.53. The van der Waals surface area contributed by atoms with Crippen molar-refractivity contribution in [2.45, 2.75) is 6.92 Å². The molecule has 2 rings (SSSR count). The number of ether oxygens (including phenoxy) is 1. The fourth-order valence-electron chi connectivity index (χ4n) is 1.23. The largest absolute Gasteiger partial charge is 0.455 e. The lowest BCUT2D eigenvalue weighted by Crippen LogP contribution is -2.05. The second-order valence-corrected chi connectivity index (χ2v) is 3.20. The molecule has 0 fully saturated rings. The number of hydrogen-bond donors (Lipinski definition) is 1. The van der Waals surface area contributed by atoms with Crippen LogP contribution < -0.4 is 10.3 Å². The summed E-state index contributed by atoms with van der Waals surface area (Å²) in [5, 5.41) is 5.92. The van der Waals surface area contributed by atoms with Crippen LogP contribution in [0.3, 0.4) is 0 Å². The molecule has 0 aliphatic carbocycles. The van der Waals surface area contributed by atoms with Crippen molar-refractivity contribution in [1.82, 2.24) is 10.2 Å². The van der Waals surface area contributed by atoms with E-state index in [4.69, 9.17) is 4.74 Å². The lowest BCUT2D eigenvalue weighted by Gasteiger charge is -2.04. The standard InChI is InChI=1S/C11H10N2O2/c1-8-3-2-4-9(5-8)15-10-6-11(14)13-12-7-10/h2-7H,1H3,(H,13,14). The summed E-state index contributed by atoms with van der Waals surface area (Å²) < 4.78 is 5.46. The van der Waals surface area contributed by atoms with E-state index in [-0.39, 0.29) is 5.56 Å². The molecule has 15 heavy (non-hydrogen) atoms. The molecule has 0 aliphatic rings. The summed E-state index contributed by atoms with van der Waals surface area (Å²) >= 11 is 0. The number of aromatic nitrogens is 2. The molecule has 1 aromatic carbocycles.